The predicted octanol–water partition coefficient (Wildman–Crippen LogP) is 0.905. The molecular formula is C18H25FN4O4S. The van der Waals surface area contributed by atoms with Crippen LogP contribution in [0.15, 0.2) is 35.1 Å². The van der Waals surface area contributed by atoms with E-state index >= 15 is 0 Å². The van der Waals surface area contributed by atoms with Crippen molar-refractivity contribution in [1.82, 2.24) is 14.2 Å². The Morgan fingerprint density at radius 2 is 2.00 bits per heavy atom. The van der Waals surface area contributed by atoms with Gasteiger partial charge < -0.3 is 15.4 Å². The van der Waals surface area contributed by atoms with Gasteiger partial charge in [0.1, 0.15) is 11.5 Å². The Hall–Kier alpha value is -2.04. The quantitative estimate of drug-likeness (QED) is 0.713. The Balaban J connectivity index is 1.57. The highest BCUT2D eigenvalue weighted by Gasteiger charge is 2.35. The predicted molar refractivity (Wildman–Crippen MR) is 101 cm³/mol. The van der Waals surface area contributed by atoms with Gasteiger partial charge in [-0.15, -0.1) is 0 Å². The lowest BCUT2D eigenvalue weighted by molar-refractivity contribution is -0.140. The van der Waals surface area contributed by atoms with Crippen LogP contribution in [0.25, 0.3) is 0 Å². The zero-order valence-corrected chi connectivity index (χ0v) is 16.4. The van der Waals surface area contributed by atoms with Gasteiger partial charge in [-0.1, -0.05) is 0 Å². The van der Waals surface area contributed by atoms with Crippen molar-refractivity contribution in [2.45, 2.75) is 24.2 Å². The lowest BCUT2D eigenvalue weighted by atomic mass is 9.95. The van der Waals surface area contributed by atoms with E-state index < -0.39 is 10.0 Å². The van der Waals surface area contributed by atoms with E-state index in [4.69, 9.17) is 10.5 Å². The van der Waals surface area contributed by atoms with E-state index in [1.54, 1.807) is 0 Å². The maximum Gasteiger partial charge on any atom is 0.244 e. The van der Waals surface area contributed by atoms with E-state index in [0.29, 0.717) is 32.3 Å². The Bertz CT molecular complexity index is 816. The van der Waals surface area contributed by atoms with Crippen molar-refractivity contribution < 1.29 is 22.3 Å². The molecule has 2 saturated heterocycles. The topological polar surface area (TPSA) is 106 Å². The number of ether oxygens (including phenoxy) is 1. The molecule has 2 fully saturated rings. The smallest absolute Gasteiger partial charge is 0.244 e. The first-order chi connectivity index (χ1) is 13.5. The molecule has 2 aliphatic rings. The third-order valence-corrected chi connectivity index (χ3v) is 7.02. The average Bonchev–Trinajstić information content (AvgIpc) is 2.68. The van der Waals surface area contributed by atoms with Gasteiger partial charge in [0.25, 0.3) is 0 Å². The summed E-state index contributed by atoms with van der Waals surface area (Å²) in [6.07, 6.45) is 3.71. The van der Waals surface area contributed by atoms with Gasteiger partial charge in [0, 0.05) is 50.3 Å². The summed E-state index contributed by atoms with van der Waals surface area (Å²) in [6.45, 7) is 2.22. The third kappa shape index (κ3) is 4.50. The monoisotopic (exact) mass is 412 g/mol. The van der Waals surface area contributed by atoms with Crippen LogP contribution in [0.1, 0.15) is 19.3 Å². The summed E-state index contributed by atoms with van der Waals surface area (Å²) < 4.78 is 44.8. The van der Waals surface area contributed by atoms with Crippen molar-refractivity contribution >= 4 is 15.9 Å². The van der Waals surface area contributed by atoms with E-state index in [2.05, 4.69) is 4.98 Å². The molecule has 3 heterocycles. The van der Waals surface area contributed by atoms with E-state index in [-0.39, 0.29) is 41.3 Å². The zero-order chi connectivity index (χ0) is 20.1. The van der Waals surface area contributed by atoms with Gasteiger partial charge in [0.2, 0.25) is 21.8 Å². The highest BCUT2D eigenvalue weighted by Crippen LogP contribution is 2.26. The number of carbonyl (C=O) groups is 1. The van der Waals surface area contributed by atoms with E-state index in [1.807, 2.05) is 4.90 Å². The number of nitrogens with two attached hydrogens (primary N) is 1. The molecule has 0 atom stereocenters. The molecule has 28 heavy (non-hydrogen) atoms. The van der Waals surface area contributed by atoms with Gasteiger partial charge in [-0.25, -0.2) is 17.8 Å². The second kappa shape index (κ2) is 8.97. The molecule has 0 saturated carbocycles. The molecule has 0 radical (unpaired) electrons. The number of nitrogens with zero attached hydrogens (tertiary/aromatic N) is 3. The highest BCUT2D eigenvalue weighted by molar-refractivity contribution is 7.89. The lowest BCUT2D eigenvalue weighted by Gasteiger charge is -2.37. The standard InChI is InChI=1S/C18H25FN4O4S/c19-10-14(11-20)13-27-17-3-2-16(12-21-17)28(25,26)23-8-4-15(5-9-23)18(24)22-6-1-7-22/h2-3,10,12,15H,1,4-9,11,13,20H2/b14-10-. The first-order valence-corrected chi connectivity index (χ1v) is 10.8. The molecule has 2 aliphatic heterocycles. The summed E-state index contributed by atoms with van der Waals surface area (Å²) in [5.41, 5.74) is 5.62. The number of likely N-dealkylation sites (tertiary alicyclic amines) is 1. The van der Waals surface area contributed by atoms with Gasteiger partial charge in [-0.2, -0.15) is 4.31 Å². The molecule has 0 spiro atoms. The first-order valence-electron chi connectivity index (χ1n) is 9.31. The van der Waals surface area contributed by atoms with Crippen molar-refractivity contribution in [3.8, 4) is 5.88 Å². The Labute approximate surface area is 164 Å². The summed E-state index contributed by atoms with van der Waals surface area (Å²) in [5, 5.41) is 0. The summed E-state index contributed by atoms with van der Waals surface area (Å²) in [4.78, 5) is 18.2. The maximum absolute atomic E-state index is 12.8. The van der Waals surface area contributed by atoms with Gasteiger partial charge in [0.05, 0.1) is 12.5 Å². The van der Waals surface area contributed by atoms with Crippen molar-refractivity contribution in [3.05, 3.63) is 30.2 Å². The molecule has 1 aromatic heterocycles. The molecule has 0 unspecified atom stereocenters. The second-order valence-electron chi connectivity index (χ2n) is 6.95. The summed E-state index contributed by atoms with van der Waals surface area (Å²) in [5.74, 6) is 0.234. The van der Waals surface area contributed by atoms with Crippen molar-refractivity contribution in [1.29, 1.82) is 0 Å². The number of carbonyl (C=O) groups excluding carboxylic acids is 1. The number of amides is 1. The van der Waals surface area contributed by atoms with Gasteiger partial charge >= 0.3 is 0 Å². The van der Waals surface area contributed by atoms with Crippen LogP contribution in [0.2, 0.25) is 0 Å². The normalized spacial score (nSPS) is 19.4. The van der Waals surface area contributed by atoms with Crippen LogP contribution >= 0.6 is 0 Å². The van der Waals surface area contributed by atoms with Crippen LogP contribution in [-0.2, 0) is 14.8 Å². The number of rotatable bonds is 7. The summed E-state index contributed by atoms with van der Waals surface area (Å²) in [7, 11) is -3.68. The largest absolute Gasteiger partial charge is 0.473 e. The zero-order valence-electron chi connectivity index (χ0n) is 15.6. The number of sulfonamides is 1. The second-order valence-corrected chi connectivity index (χ2v) is 8.89. The van der Waals surface area contributed by atoms with Crippen LogP contribution in [0.5, 0.6) is 5.88 Å². The van der Waals surface area contributed by atoms with Gasteiger partial charge in [-0.3, -0.25) is 4.79 Å². The number of pyridine rings is 1. The molecule has 10 heteroatoms. The fourth-order valence-corrected chi connectivity index (χ4v) is 4.61. The minimum absolute atomic E-state index is 0.0270. The first kappa shape index (κ1) is 20.7. The molecule has 0 bridgehead atoms. The molecule has 0 aliphatic carbocycles. The Morgan fingerprint density at radius 3 is 2.50 bits per heavy atom. The summed E-state index contributed by atoms with van der Waals surface area (Å²) >= 11 is 0. The van der Waals surface area contributed by atoms with Crippen LogP contribution in [-0.4, -0.2) is 67.8 Å². The molecule has 2 N–H and O–H groups in total. The van der Waals surface area contributed by atoms with Crippen LogP contribution in [0, 0.1) is 5.92 Å². The number of halogens is 1. The van der Waals surface area contributed by atoms with E-state index in [9.17, 15) is 17.6 Å². The minimum atomic E-state index is -3.68. The van der Waals surface area contributed by atoms with Crippen molar-refractivity contribution in [3.63, 3.8) is 0 Å². The molecule has 3 rings (SSSR count). The molecule has 154 valence electrons. The number of hydrogen-bond acceptors (Lipinski definition) is 6. The lowest BCUT2D eigenvalue weighted by Crippen LogP contribution is -2.48. The van der Waals surface area contributed by atoms with E-state index in [1.165, 1.54) is 22.6 Å². The number of aromatic nitrogens is 1. The molecule has 8 nitrogen and oxygen atoms in total. The van der Waals surface area contributed by atoms with Crippen LogP contribution in [0.3, 0.4) is 0 Å². The molecule has 1 aromatic rings. The van der Waals surface area contributed by atoms with Crippen LogP contribution in [0.4, 0.5) is 4.39 Å². The maximum atomic E-state index is 12.8. The fraction of sp³-hybridized carbons (Fsp3) is 0.556. The SMILES string of the molecule is NC/C(=C/F)COc1ccc(S(=O)(=O)N2CCC(C(=O)N3CCC3)CC2)cn1. The van der Waals surface area contributed by atoms with E-state index in [0.717, 1.165) is 19.5 Å². The van der Waals surface area contributed by atoms with Crippen molar-refractivity contribution in [2.24, 2.45) is 11.7 Å². The molecule has 1 amide bonds. The summed E-state index contributed by atoms with van der Waals surface area (Å²) in [6, 6.07) is 2.84. The number of hydrogen-bond donors (Lipinski definition) is 1. The van der Waals surface area contributed by atoms with Gasteiger partial charge in [-0.05, 0) is 25.3 Å². The highest BCUT2D eigenvalue weighted by atomic mass is 32.2. The average molecular weight is 412 g/mol. The van der Waals surface area contributed by atoms with Crippen LogP contribution < -0.4 is 10.5 Å². The molecule has 0 aromatic carbocycles. The number of piperidine rings is 1. The van der Waals surface area contributed by atoms with Crippen molar-refractivity contribution in [2.75, 3.05) is 39.3 Å². The Kier molecular flexibility index (Phi) is 6.63. The molecular weight excluding hydrogens is 387 g/mol. The van der Waals surface area contributed by atoms with Gasteiger partial charge in [0.15, 0.2) is 0 Å². The minimum Gasteiger partial charge on any atom is -0.473 e. The third-order valence-electron chi connectivity index (χ3n) is 5.14. The fourth-order valence-electron chi connectivity index (χ4n) is 3.19. The Morgan fingerprint density at radius 1 is 1.29 bits per heavy atom.